The van der Waals surface area contributed by atoms with Crippen molar-refractivity contribution in [1.82, 2.24) is 0 Å². The van der Waals surface area contributed by atoms with E-state index in [0.29, 0.717) is 36.0 Å². The number of benzene rings is 3. The number of non-ortho nitro benzene ring substituents is 1. The predicted molar refractivity (Wildman–Crippen MR) is 133 cm³/mol. The van der Waals surface area contributed by atoms with Gasteiger partial charge in [-0.25, -0.2) is 4.79 Å². The number of esters is 1. The number of fused-ring (bicyclic) bond motifs is 1. The van der Waals surface area contributed by atoms with Crippen molar-refractivity contribution < 1.29 is 28.7 Å². The zero-order chi connectivity index (χ0) is 26.5. The minimum atomic E-state index is -0.698. The molecule has 0 spiro atoms. The van der Waals surface area contributed by atoms with Crippen LogP contribution in [0, 0.1) is 21.4 Å². The Hall–Kier alpha value is -5.04. The quantitative estimate of drug-likeness (QED) is 0.198. The van der Waals surface area contributed by atoms with Crippen LogP contribution in [0.4, 0.5) is 5.69 Å². The summed E-state index contributed by atoms with van der Waals surface area (Å²) in [5, 5.41) is 20.7. The fraction of sp³-hybridized carbons (Fsp3) is 0.185. The first kappa shape index (κ1) is 25.1. The summed E-state index contributed by atoms with van der Waals surface area (Å²) >= 11 is 0. The van der Waals surface area contributed by atoms with Crippen LogP contribution in [0.15, 0.2) is 72.1 Å². The molecule has 3 aromatic carbocycles. The third kappa shape index (κ3) is 5.16. The molecule has 2 N–H and O–H groups in total. The highest BCUT2D eigenvalue weighted by atomic mass is 16.6. The van der Waals surface area contributed by atoms with Gasteiger partial charge in [0.05, 0.1) is 29.6 Å². The zero-order valence-corrected chi connectivity index (χ0v) is 20.1. The Kier molecular flexibility index (Phi) is 7.25. The van der Waals surface area contributed by atoms with Gasteiger partial charge in [0.2, 0.25) is 5.88 Å². The van der Waals surface area contributed by atoms with Gasteiger partial charge in [-0.2, -0.15) is 5.26 Å². The lowest BCUT2D eigenvalue weighted by molar-refractivity contribution is -0.384. The molecular weight excluding hydrogens is 478 g/mol. The van der Waals surface area contributed by atoms with Gasteiger partial charge in [0.15, 0.2) is 11.5 Å². The van der Waals surface area contributed by atoms with Crippen molar-refractivity contribution in [1.29, 1.82) is 5.26 Å². The van der Waals surface area contributed by atoms with Crippen molar-refractivity contribution in [2.75, 3.05) is 13.2 Å². The highest BCUT2D eigenvalue weighted by Gasteiger charge is 2.32. The Bertz CT molecular complexity index is 1420. The lowest BCUT2D eigenvalue weighted by atomic mass is 9.83. The van der Waals surface area contributed by atoms with Crippen LogP contribution < -0.4 is 24.7 Å². The van der Waals surface area contributed by atoms with Gasteiger partial charge in [0.25, 0.3) is 5.69 Å². The lowest BCUT2D eigenvalue weighted by Gasteiger charge is -2.27. The average molecular weight is 501 g/mol. The zero-order valence-electron chi connectivity index (χ0n) is 20.1. The third-order valence-electron chi connectivity index (χ3n) is 5.62. The van der Waals surface area contributed by atoms with E-state index in [1.165, 1.54) is 30.3 Å². The van der Waals surface area contributed by atoms with Gasteiger partial charge >= 0.3 is 5.97 Å². The Morgan fingerprint density at radius 2 is 1.76 bits per heavy atom. The Balaban J connectivity index is 1.67. The summed E-state index contributed by atoms with van der Waals surface area (Å²) in [5.74, 6) is 0.312. The largest absolute Gasteiger partial charge is 0.490 e. The first-order valence-corrected chi connectivity index (χ1v) is 11.4. The smallest absolute Gasteiger partial charge is 0.343 e. The second kappa shape index (κ2) is 10.7. The summed E-state index contributed by atoms with van der Waals surface area (Å²) in [5.41, 5.74) is 7.73. The highest BCUT2D eigenvalue weighted by molar-refractivity contribution is 5.91. The van der Waals surface area contributed by atoms with E-state index in [9.17, 15) is 20.2 Å². The Morgan fingerprint density at radius 3 is 2.41 bits per heavy atom. The van der Waals surface area contributed by atoms with Crippen molar-refractivity contribution in [3.8, 4) is 29.1 Å². The molecule has 188 valence electrons. The standard InChI is InChI=1S/C27H23N3O7/c1-3-34-22-12-7-17(13-24(22)35-4-2)25-20-11-10-19(14-23(20)37-26(29)21(25)15-28)36-27(31)16-5-8-18(9-6-16)30(32)33/h5-14,25H,3-4,29H2,1-2H3. The van der Waals surface area contributed by atoms with Gasteiger partial charge in [0, 0.05) is 23.8 Å². The fourth-order valence-corrected chi connectivity index (χ4v) is 3.97. The summed E-state index contributed by atoms with van der Waals surface area (Å²) in [6.45, 7) is 4.64. The van der Waals surface area contributed by atoms with Crippen LogP contribution in [-0.4, -0.2) is 24.1 Å². The molecule has 0 radical (unpaired) electrons. The second-order valence-corrected chi connectivity index (χ2v) is 7.89. The van der Waals surface area contributed by atoms with Gasteiger partial charge in [0.1, 0.15) is 23.1 Å². The number of carbonyl (C=O) groups is 1. The van der Waals surface area contributed by atoms with Crippen LogP contribution in [0.1, 0.15) is 41.3 Å². The van der Waals surface area contributed by atoms with Crippen LogP contribution in [0.25, 0.3) is 0 Å². The van der Waals surface area contributed by atoms with Crippen molar-refractivity contribution in [2.45, 2.75) is 19.8 Å². The maximum Gasteiger partial charge on any atom is 0.343 e. The molecule has 0 saturated heterocycles. The maximum absolute atomic E-state index is 12.6. The van der Waals surface area contributed by atoms with Gasteiger partial charge in [-0.15, -0.1) is 0 Å². The van der Waals surface area contributed by atoms with Crippen LogP contribution in [0.5, 0.6) is 23.0 Å². The number of hydrogen-bond acceptors (Lipinski definition) is 9. The molecule has 0 fully saturated rings. The number of nitrogens with zero attached hydrogens (tertiary/aromatic N) is 2. The predicted octanol–water partition coefficient (Wildman–Crippen LogP) is 4.83. The number of rotatable bonds is 8. The second-order valence-electron chi connectivity index (χ2n) is 7.89. The number of hydrogen-bond donors (Lipinski definition) is 1. The van der Waals surface area contributed by atoms with E-state index in [1.807, 2.05) is 19.9 Å². The molecule has 0 saturated carbocycles. The maximum atomic E-state index is 12.6. The summed E-state index contributed by atoms with van der Waals surface area (Å²) in [6, 6.07) is 17.4. The molecule has 10 heteroatoms. The number of allylic oxidation sites excluding steroid dienone is 1. The molecule has 0 bridgehead atoms. The molecule has 37 heavy (non-hydrogen) atoms. The summed E-state index contributed by atoms with van der Waals surface area (Å²) in [4.78, 5) is 22.8. The van der Waals surface area contributed by atoms with E-state index in [1.54, 1.807) is 24.3 Å². The molecule has 0 aromatic heterocycles. The molecule has 1 atom stereocenters. The Morgan fingerprint density at radius 1 is 1.05 bits per heavy atom. The summed E-state index contributed by atoms with van der Waals surface area (Å²) in [7, 11) is 0. The van der Waals surface area contributed by atoms with E-state index >= 15 is 0 Å². The molecule has 0 aliphatic carbocycles. The van der Waals surface area contributed by atoms with Gasteiger partial charge in [-0.05, 0) is 49.7 Å². The van der Waals surface area contributed by atoms with E-state index < -0.39 is 16.8 Å². The molecule has 10 nitrogen and oxygen atoms in total. The first-order chi connectivity index (χ1) is 17.9. The lowest BCUT2D eigenvalue weighted by Crippen LogP contribution is -2.21. The monoisotopic (exact) mass is 501 g/mol. The van der Waals surface area contributed by atoms with Gasteiger partial charge < -0.3 is 24.7 Å². The number of nitrogens with two attached hydrogens (primary N) is 1. The molecular formula is C27H23N3O7. The molecule has 1 unspecified atom stereocenters. The van der Waals surface area contributed by atoms with E-state index in [0.717, 1.165) is 5.56 Å². The number of nitro groups is 1. The minimum absolute atomic E-state index is 0.0642. The van der Waals surface area contributed by atoms with Crippen LogP contribution in [0.2, 0.25) is 0 Å². The number of nitriles is 1. The fourth-order valence-electron chi connectivity index (χ4n) is 3.97. The van der Waals surface area contributed by atoms with Crippen LogP contribution >= 0.6 is 0 Å². The normalized spacial score (nSPS) is 14.1. The Labute approximate surface area is 212 Å². The van der Waals surface area contributed by atoms with E-state index in [2.05, 4.69) is 6.07 Å². The van der Waals surface area contributed by atoms with E-state index in [4.69, 9.17) is 24.7 Å². The van der Waals surface area contributed by atoms with Crippen molar-refractivity contribution >= 4 is 11.7 Å². The minimum Gasteiger partial charge on any atom is -0.490 e. The van der Waals surface area contributed by atoms with Gasteiger partial charge in [-0.3, -0.25) is 10.1 Å². The third-order valence-corrected chi connectivity index (χ3v) is 5.62. The molecule has 4 rings (SSSR count). The first-order valence-electron chi connectivity index (χ1n) is 11.4. The molecule has 1 aliphatic heterocycles. The van der Waals surface area contributed by atoms with Crippen molar-refractivity contribution in [2.24, 2.45) is 5.73 Å². The van der Waals surface area contributed by atoms with Crippen LogP contribution in [0.3, 0.4) is 0 Å². The average Bonchev–Trinajstić information content (AvgIpc) is 2.89. The topological polar surface area (TPSA) is 147 Å². The highest BCUT2D eigenvalue weighted by Crippen LogP contribution is 2.45. The number of ether oxygens (including phenoxy) is 4. The molecule has 1 aliphatic rings. The number of nitro benzene ring substituents is 1. The van der Waals surface area contributed by atoms with Crippen LogP contribution in [-0.2, 0) is 0 Å². The van der Waals surface area contributed by atoms with Gasteiger partial charge in [-0.1, -0.05) is 12.1 Å². The van der Waals surface area contributed by atoms with Crippen molar-refractivity contribution in [3.05, 3.63) is 98.9 Å². The number of carbonyl (C=O) groups excluding carboxylic acids is 1. The molecule has 1 heterocycles. The SMILES string of the molecule is CCOc1ccc(C2C(C#N)=C(N)Oc3cc(OC(=O)c4ccc([N+](=O)[O-])cc4)ccc32)cc1OCC. The molecule has 0 amide bonds. The molecule has 3 aromatic rings. The summed E-state index contributed by atoms with van der Waals surface area (Å²) in [6.07, 6.45) is 0. The van der Waals surface area contributed by atoms with E-state index in [-0.39, 0.29) is 28.5 Å². The van der Waals surface area contributed by atoms with Crippen molar-refractivity contribution in [3.63, 3.8) is 0 Å². The summed E-state index contributed by atoms with van der Waals surface area (Å²) < 4.78 is 22.6.